The van der Waals surface area contributed by atoms with E-state index in [0.717, 1.165) is 23.3 Å². The third-order valence-electron chi connectivity index (χ3n) is 2.59. The first-order valence-corrected chi connectivity index (χ1v) is 5.57. The number of rotatable bonds is 3. The fraction of sp³-hybridized carbons (Fsp3) is 0.231. The quantitative estimate of drug-likeness (QED) is 0.842. The molecule has 0 spiro atoms. The van der Waals surface area contributed by atoms with E-state index in [2.05, 4.69) is 24.3 Å². The monoisotopic (exact) mass is 219 g/mol. The van der Waals surface area contributed by atoms with Crippen LogP contribution in [0.1, 0.15) is 12.0 Å². The molecule has 15 heavy (non-hydrogen) atoms. The lowest BCUT2D eigenvalue weighted by atomic mass is 10.0. The standard InChI is InChI=1S/C13H14ClN/c14-13-11(5-3-9-15)8-7-10-4-1-2-6-12(10)13/h1-2,4,6-8H,3,5,9,15H2. The van der Waals surface area contributed by atoms with Gasteiger partial charge in [0.1, 0.15) is 0 Å². The van der Waals surface area contributed by atoms with Crippen LogP contribution in [0.25, 0.3) is 10.8 Å². The first-order valence-electron chi connectivity index (χ1n) is 5.19. The van der Waals surface area contributed by atoms with Crippen LogP contribution in [0.3, 0.4) is 0 Å². The van der Waals surface area contributed by atoms with Crippen molar-refractivity contribution in [1.82, 2.24) is 0 Å². The van der Waals surface area contributed by atoms with Crippen molar-refractivity contribution in [3.05, 3.63) is 47.0 Å². The highest BCUT2D eigenvalue weighted by molar-refractivity contribution is 6.36. The summed E-state index contributed by atoms with van der Waals surface area (Å²) >= 11 is 6.34. The molecule has 0 aliphatic carbocycles. The molecule has 2 aromatic rings. The molecule has 0 saturated carbocycles. The molecule has 78 valence electrons. The lowest BCUT2D eigenvalue weighted by Crippen LogP contribution is -2.00. The second-order valence-corrected chi connectivity index (χ2v) is 4.03. The van der Waals surface area contributed by atoms with Gasteiger partial charge < -0.3 is 5.73 Å². The Morgan fingerprint density at radius 3 is 2.67 bits per heavy atom. The zero-order chi connectivity index (χ0) is 10.7. The van der Waals surface area contributed by atoms with Crippen LogP contribution < -0.4 is 5.73 Å². The van der Waals surface area contributed by atoms with E-state index in [0.29, 0.717) is 6.54 Å². The summed E-state index contributed by atoms with van der Waals surface area (Å²) in [5.41, 5.74) is 6.69. The van der Waals surface area contributed by atoms with Crippen molar-refractivity contribution in [2.24, 2.45) is 5.73 Å². The summed E-state index contributed by atoms with van der Waals surface area (Å²) in [4.78, 5) is 0. The van der Waals surface area contributed by atoms with Gasteiger partial charge in [0.25, 0.3) is 0 Å². The van der Waals surface area contributed by atoms with Crippen molar-refractivity contribution in [3.63, 3.8) is 0 Å². The van der Waals surface area contributed by atoms with E-state index < -0.39 is 0 Å². The molecule has 2 rings (SSSR count). The van der Waals surface area contributed by atoms with Crippen molar-refractivity contribution >= 4 is 22.4 Å². The number of fused-ring (bicyclic) bond motifs is 1. The minimum absolute atomic E-state index is 0.711. The molecule has 1 nitrogen and oxygen atoms in total. The van der Waals surface area contributed by atoms with Crippen LogP contribution in [0.4, 0.5) is 0 Å². The Morgan fingerprint density at radius 1 is 1.07 bits per heavy atom. The van der Waals surface area contributed by atoms with Crippen LogP contribution >= 0.6 is 11.6 Å². The Bertz CT molecular complexity index is 465. The smallest absolute Gasteiger partial charge is 0.0516 e. The second kappa shape index (κ2) is 4.65. The predicted molar refractivity (Wildman–Crippen MR) is 66.3 cm³/mol. The Kier molecular flexibility index (Phi) is 3.24. The maximum Gasteiger partial charge on any atom is 0.0516 e. The minimum Gasteiger partial charge on any atom is -0.330 e. The number of nitrogens with two attached hydrogens (primary N) is 1. The molecular weight excluding hydrogens is 206 g/mol. The highest BCUT2D eigenvalue weighted by Crippen LogP contribution is 2.27. The van der Waals surface area contributed by atoms with Gasteiger partial charge >= 0.3 is 0 Å². The lowest BCUT2D eigenvalue weighted by Gasteiger charge is -2.06. The van der Waals surface area contributed by atoms with E-state index in [1.807, 2.05) is 12.1 Å². The van der Waals surface area contributed by atoms with Gasteiger partial charge in [0.05, 0.1) is 5.02 Å². The Balaban J connectivity index is 2.45. The maximum absolute atomic E-state index is 6.34. The number of benzene rings is 2. The molecule has 0 atom stereocenters. The van der Waals surface area contributed by atoms with Crippen LogP contribution in [0, 0.1) is 0 Å². The molecule has 2 N–H and O–H groups in total. The lowest BCUT2D eigenvalue weighted by molar-refractivity contribution is 0.834. The summed E-state index contributed by atoms with van der Waals surface area (Å²) in [5, 5.41) is 3.20. The molecule has 0 aliphatic heterocycles. The Hall–Kier alpha value is -1.05. The van der Waals surface area contributed by atoms with Gasteiger partial charge in [-0.2, -0.15) is 0 Å². The fourth-order valence-corrected chi connectivity index (χ4v) is 2.09. The van der Waals surface area contributed by atoms with E-state index >= 15 is 0 Å². The van der Waals surface area contributed by atoms with Gasteiger partial charge in [-0.05, 0) is 30.3 Å². The van der Waals surface area contributed by atoms with Crippen LogP contribution in [0.2, 0.25) is 5.02 Å². The van der Waals surface area contributed by atoms with E-state index in [-0.39, 0.29) is 0 Å². The van der Waals surface area contributed by atoms with Crippen LogP contribution in [0.15, 0.2) is 36.4 Å². The van der Waals surface area contributed by atoms with Crippen molar-refractivity contribution in [2.75, 3.05) is 6.54 Å². The second-order valence-electron chi connectivity index (χ2n) is 3.65. The molecule has 0 fully saturated rings. The molecule has 0 heterocycles. The van der Waals surface area contributed by atoms with E-state index in [1.54, 1.807) is 0 Å². The molecule has 0 aromatic heterocycles. The topological polar surface area (TPSA) is 26.0 Å². The average Bonchev–Trinajstić information content (AvgIpc) is 2.29. The molecule has 0 aliphatic rings. The largest absolute Gasteiger partial charge is 0.330 e. The zero-order valence-electron chi connectivity index (χ0n) is 8.54. The third-order valence-corrected chi connectivity index (χ3v) is 3.04. The molecule has 0 radical (unpaired) electrons. The molecule has 2 heteroatoms. The highest BCUT2D eigenvalue weighted by Gasteiger charge is 2.04. The van der Waals surface area contributed by atoms with Gasteiger partial charge in [0.15, 0.2) is 0 Å². The Labute approximate surface area is 94.9 Å². The van der Waals surface area contributed by atoms with Crippen LogP contribution in [-0.4, -0.2) is 6.54 Å². The summed E-state index contributed by atoms with van der Waals surface area (Å²) < 4.78 is 0. The summed E-state index contributed by atoms with van der Waals surface area (Å²) in [6, 6.07) is 12.4. The number of hydrogen-bond acceptors (Lipinski definition) is 1. The van der Waals surface area contributed by atoms with Crippen LogP contribution in [-0.2, 0) is 6.42 Å². The molecular formula is C13H14ClN. The molecule has 2 aromatic carbocycles. The van der Waals surface area contributed by atoms with Crippen molar-refractivity contribution in [2.45, 2.75) is 12.8 Å². The fourth-order valence-electron chi connectivity index (χ4n) is 1.76. The van der Waals surface area contributed by atoms with Crippen molar-refractivity contribution in [1.29, 1.82) is 0 Å². The van der Waals surface area contributed by atoms with E-state index in [4.69, 9.17) is 17.3 Å². The maximum atomic E-state index is 6.34. The van der Waals surface area contributed by atoms with Gasteiger partial charge in [-0.1, -0.05) is 48.0 Å². The minimum atomic E-state index is 0.711. The molecule has 0 unspecified atom stereocenters. The van der Waals surface area contributed by atoms with Crippen LogP contribution in [0.5, 0.6) is 0 Å². The summed E-state index contributed by atoms with van der Waals surface area (Å²) in [7, 11) is 0. The third kappa shape index (κ3) is 2.14. The van der Waals surface area contributed by atoms with E-state index in [1.165, 1.54) is 10.9 Å². The van der Waals surface area contributed by atoms with Gasteiger partial charge in [-0.3, -0.25) is 0 Å². The number of hydrogen-bond donors (Lipinski definition) is 1. The van der Waals surface area contributed by atoms with Gasteiger partial charge in [0, 0.05) is 5.39 Å². The van der Waals surface area contributed by atoms with Gasteiger partial charge in [0.2, 0.25) is 0 Å². The van der Waals surface area contributed by atoms with Crippen molar-refractivity contribution < 1.29 is 0 Å². The molecule has 0 bridgehead atoms. The number of halogens is 1. The molecule has 0 amide bonds. The Morgan fingerprint density at radius 2 is 1.87 bits per heavy atom. The summed E-state index contributed by atoms with van der Waals surface area (Å²) in [6.07, 6.45) is 1.94. The van der Waals surface area contributed by atoms with Crippen molar-refractivity contribution in [3.8, 4) is 0 Å². The first-order chi connectivity index (χ1) is 7.33. The summed E-state index contributed by atoms with van der Waals surface area (Å²) in [5.74, 6) is 0. The predicted octanol–water partition coefficient (Wildman–Crippen LogP) is 3.38. The zero-order valence-corrected chi connectivity index (χ0v) is 9.30. The number of aryl methyl sites for hydroxylation is 1. The SMILES string of the molecule is NCCCc1ccc2ccccc2c1Cl. The van der Waals surface area contributed by atoms with E-state index in [9.17, 15) is 0 Å². The van der Waals surface area contributed by atoms with Gasteiger partial charge in [-0.15, -0.1) is 0 Å². The normalized spacial score (nSPS) is 10.8. The highest BCUT2D eigenvalue weighted by atomic mass is 35.5. The first kappa shape index (κ1) is 10.5. The average molecular weight is 220 g/mol. The van der Waals surface area contributed by atoms with Gasteiger partial charge in [-0.25, -0.2) is 0 Å². The molecule has 0 saturated heterocycles. The summed E-state index contributed by atoms with van der Waals surface area (Å²) in [6.45, 7) is 0.711.